The summed E-state index contributed by atoms with van der Waals surface area (Å²) in [6.07, 6.45) is 0.922. The fourth-order valence-electron chi connectivity index (χ4n) is 1.12. The summed E-state index contributed by atoms with van der Waals surface area (Å²) in [5.41, 5.74) is 0.178. The quantitative estimate of drug-likeness (QED) is 0.523. The summed E-state index contributed by atoms with van der Waals surface area (Å²) in [5, 5.41) is 7.07. The van der Waals surface area contributed by atoms with E-state index in [0.717, 1.165) is 10.3 Å². The number of halogens is 2. The lowest BCUT2D eigenvalue weighted by molar-refractivity contribution is 0.536. The van der Waals surface area contributed by atoms with E-state index < -0.39 is 16.9 Å². The molecule has 0 saturated carbocycles. The molecule has 6 heteroatoms. The molecular formula is C9H6FINO2S-. The highest BCUT2D eigenvalue weighted by molar-refractivity contribution is 14.1. The SMILES string of the molecule is N=Cc1cccc(S(=O)[O-])c1/C(F)=C\I. The van der Waals surface area contributed by atoms with Crippen LogP contribution in [0.2, 0.25) is 0 Å². The standard InChI is InChI=1S/C9H7FINO2S/c10-7(4-11)9-6(5-12)2-1-3-8(9)15(13)14/h1-5,12H,(H,13,14)/p-1/b7-4+,12-5?. The van der Waals surface area contributed by atoms with Gasteiger partial charge in [0.05, 0.1) is 0 Å². The average Bonchev–Trinajstić information content (AvgIpc) is 2.26. The summed E-state index contributed by atoms with van der Waals surface area (Å²) >= 11 is -0.835. The zero-order valence-electron chi connectivity index (χ0n) is 7.37. The van der Waals surface area contributed by atoms with E-state index in [1.165, 1.54) is 18.2 Å². The van der Waals surface area contributed by atoms with Gasteiger partial charge in [0.25, 0.3) is 0 Å². The molecule has 80 valence electrons. The summed E-state index contributed by atoms with van der Waals surface area (Å²) in [6, 6.07) is 4.25. The molecule has 1 rings (SSSR count). The summed E-state index contributed by atoms with van der Waals surface area (Å²) in [6.45, 7) is 0. The van der Waals surface area contributed by atoms with E-state index >= 15 is 0 Å². The zero-order valence-corrected chi connectivity index (χ0v) is 10.3. The summed E-state index contributed by atoms with van der Waals surface area (Å²) in [7, 11) is 0. The Morgan fingerprint density at radius 2 is 2.27 bits per heavy atom. The van der Waals surface area contributed by atoms with Gasteiger partial charge in [-0.2, -0.15) is 0 Å². The third-order valence-electron chi connectivity index (χ3n) is 1.73. The van der Waals surface area contributed by atoms with Crippen LogP contribution >= 0.6 is 22.6 Å². The van der Waals surface area contributed by atoms with Crippen LogP contribution in [0.15, 0.2) is 27.2 Å². The normalized spacial score (nSPS) is 13.7. The second-order valence-corrected chi connectivity index (χ2v) is 4.09. The second-order valence-electron chi connectivity index (χ2n) is 2.56. The van der Waals surface area contributed by atoms with Gasteiger partial charge in [0.1, 0.15) is 5.83 Å². The van der Waals surface area contributed by atoms with E-state index in [0.29, 0.717) is 0 Å². The molecule has 1 N–H and O–H groups in total. The summed E-state index contributed by atoms with van der Waals surface area (Å²) in [4.78, 5) is -0.138. The Labute approximate surface area is 102 Å². The lowest BCUT2D eigenvalue weighted by Crippen LogP contribution is -1.99. The van der Waals surface area contributed by atoms with Gasteiger partial charge in [-0.05, 0) is 39.7 Å². The molecule has 3 nitrogen and oxygen atoms in total. The average molecular weight is 338 g/mol. The number of benzene rings is 1. The Balaban J connectivity index is 3.54. The van der Waals surface area contributed by atoms with Gasteiger partial charge in [0, 0.05) is 26.3 Å². The van der Waals surface area contributed by atoms with Crippen molar-refractivity contribution in [2.45, 2.75) is 4.90 Å². The molecule has 0 aliphatic rings. The minimum Gasteiger partial charge on any atom is -0.768 e. The molecule has 0 fully saturated rings. The number of hydrogen-bond acceptors (Lipinski definition) is 3. The van der Waals surface area contributed by atoms with Crippen molar-refractivity contribution >= 4 is 45.7 Å². The monoisotopic (exact) mass is 338 g/mol. The first-order valence-corrected chi connectivity index (χ1v) is 6.13. The van der Waals surface area contributed by atoms with Crippen LogP contribution in [-0.2, 0) is 11.1 Å². The molecular weight excluding hydrogens is 332 g/mol. The fraction of sp³-hybridized carbons (Fsp3) is 0. The first kappa shape index (κ1) is 12.5. The van der Waals surface area contributed by atoms with Gasteiger partial charge in [-0.25, -0.2) is 4.39 Å². The number of nitrogens with one attached hydrogen (secondary N) is 1. The topological polar surface area (TPSA) is 64.0 Å². The zero-order chi connectivity index (χ0) is 11.4. The smallest absolute Gasteiger partial charge is 0.138 e. The first-order valence-electron chi connectivity index (χ1n) is 3.80. The van der Waals surface area contributed by atoms with Gasteiger partial charge < -0.3 is 9.96 Å². The predicted molar refractivity (Wildman–Crippen MR) is 64.6 cm³/mol. The maximum Gasteiger partial charge on any atom is 0.138 e. The molecule has 0 spiro atoms. The Kier molecular flexibility index (Phi) is 4.55. The minimum atomic E-state index is -2.51. The van der Waals surface area contributed by atoms with Crippen LogP contribution in [0.5, 0.6) is 0 Å². The van der Waals surface area contributed by atoms with Crippen LogP contribution in [0.1, 0.15) is 11.1 Å². The van der Waals surface area contributed by atoms with Crippen molar-refractivity contribution in [3.63, 3.8) is 0 Å². The van der Waals surface area contributed by atoms with Gasteiger partial charge in [0.15, 0.2) is 0 Å². The third-order valence-corrected chi connectivity index (χ3v) is 2.97. The molecule has 1 aromatic rings. The van der Waals surface area contributed by atoms with Crippen LogP contribution in [0.3, 0.4) is 0 Å². The van der Waals surface area contributed by atoms with Crippen molar-refractivity contribution in [3.05, 3.63) is 33.4 Å². The molecule has 0 heterocycles. The summed E-state index contributed by atoms with van der Waals surface area (Å²) in [5.74, 6) is -0.658. The van der Waals surface area contributed by atoms with Gasteiger partial charge in [-0.15, -0.1) is 0 Å². The molecule has 0 aromatic heterocycles. The van der Waals surface area contributed by atoms with E-state index in [1.807, 2.05) is 0 Å². The molecule has 1 aromatic carbocycles. The first-order chi connectivity index (χ1) is 7.11. The molecule has 0 aliphatic heterocycles. The van der Waals surface area contributed by atoms with Crippen molar-refractivity contribution in [3.8, 4) is 0 Å². The van der Waals surface area contributed by atoms with Gasteiger partial charge in [-0.3, -0.25) is 4.21 Å². The molecule has 0 radical (unpaired) electrons. The van der Waals surface area contributed by atoms with Crippen LogP contribution in [0.25, 0.3) is 5.83 Å². The third kappa shape index (κ3) is 2.70. The number of hydrogen-bond donors (Lipinski definition) is 1. The van der Waals surface area contributed by atoms with Crippen LogP contribution in [0.4, 0.5) is 4.39 Å². The van der Waals surface area contributed by atoms with E-state index in [-0.39, 0.29) is 16.0 Å². The molecule has 15 heavy (non-hydrogen) atoms. The maximum atomic E-state index is 13.4. The Hall–Kier alpha value is -0.600. The molecule has 0 bridgehead atoms. The van der Waals surface area contributed by atoms with Crippen molar-refractivity contribution in [2.75, 3.05) is 0 Å². The Bertz CT molecular complexity index is 448. The van der Waals surface area contributed by atoms with Crippen LogP contribution in [0, 0.1) is 5.41 Å². The molecule has 0 amide bonds. The minimum absolute atomic E-state index is 0.0600. The molecule has 1 atom stereocenters. The molecule has 1 unspecified atom stereocenters. The van der Waals surface area contributed by atoms with E-state index in [9.17, 15) is 13.2 Å². The van der Waals surface area contributed by atoms with E-state index in [4.69, 9.17) is 5.41 Å². The maximum absolute atomic E-state index is 13.4. The lowest BCUT2D eigenvalue weighted by atomic mass is 10.1. The Morgan fingerprint density at radius 3 is 2.73 bits per heavy atom. The van der Waals surface area contributed by atoms with Crippen molar-refractivity contribution in [1.29, 1.82) is 5.41 Å². The highest BCUT2D eigenvalue weighted by Gasteiger charge is 2.11. The Morgan fingerprint density at radius 1 is 1.60 bits per heavy atom. The van der Waals surface area contributed by atoms with Crippen molar-refractivity contribution < 1.29 is 13.2 Å². The van der Waals surface area contributed by atoms with Gasteiger partial charge >= 0.3 is 0 Å². The fourth-order valence-corrected chi connectivity index (χ4v) is 2.00. The largest absolute Gasteiger partial charge is 0.768 e. The van der Waals surface area contributed by atoms with Crippen LogP contribution < -0.4 is 0 Å². The molecule has 0 saturated heterocycles. The van der Waals surface area contributed by atoms with Crippen molar-refractivity contribution in [2.24, 2.45) is 0 Å². The number of rotatable bonds is 3. The van der Waals surface area contributed by atoms with E-state index in [1.54, 1.807) is 22.6 Å². The van der Waals surface area contributed by atoms with Gasteiger partial charge in [0.2, 0.25) is 0 Å². The van der Waals surface area contributed by atoms with Crippen LogP contribution in [-0.4, -0.2) is 15.0 Å². The summed E-state index contributed by atoms with van der Waals surface area (Å²) < 4.78 is 36.2. The van der Waals surface area contributed by atoms with Gasteiger partial charge in [-0.1, -0.05) is 12.1 Å². The second kappa shape index (κ2) is 5.47. The predicted octanol–water partition coefficient (Wildman–Crippen LogP) is 2.63. The van der Waals surface area contributed by atoms with E-state index in [2.05, 4.69) is 0 Å². The highest BCUT2D eigenvalue weighted by atomic mass is 127. The lowest BCUT2D eigenvalue weighted by Gasteiger charge is -2.12. The molecule has 0 aliphatic carbocycles. The highest BCUT2D eigenvalue weighted by Crippen LogP contribution is 2.26. The van der Waals surface area contributed by atoms with Crippen molar-refractivity contribution in [1.82, 2.24) is 0 Å².